The zero-order chi connectivity index (χ0) is 18.4. The van der Waals surface area contributed by atoms with Gasteiger partial charge >= 0.3 is 0 Å². The van der Waals surface area contributed by atoms with Gasteiger partial charge in [0.2, 0.25) is 0 Å². The van der Waals surface area contributed by atoms with Gasteiger partial charge in [-0.1, -0.05) is 57.2 Å². The van der Waals surface area contributed by atoms with E-state index in [0.29, 0.717) is 34.0 Å². The van der Waals surface area contributed by atoms with Crippen LogP contribution in [0.2, 0.25) is 0 Å². The molecule has 0 atom stereocenters. The summed E-state index contributed by atoms with van der Waals surface area (Å²) in [5, 5.41) is 0. The van der Waals surface area contributed by atoms with E-state index in [2.05, 4.69) is 20.8 Å². The number of unbranched alkanes of at least 4 members (excludes halogenated alkanes) is 1. The van der Waals surface area contributed by atoms with Gasteiger partial charge in [0.15, 0.2) is 11.5 Å². The van der Waals surface area contributed by atoms with Crippen LogP contribution in [0.3, 0.4) is 0 Å². The van der Waals surface area contributed by atoms with Crippen molar-refractivity contribution in [2.45, 2.75) is 33.6 Å². The molecule has 1 aromatic carbocycles. The van der Waals surface area contributed by atoms with Gasteiger partial charge in [-0.25, -0.2) is 0 Å². The highest BCUT2D eigenvalue weighted by Gasteiger charge is 2.32. The second-order valence-corrected chi connectivity index (χ2v) is 7.97. The third-order valence-electron chi connectivity index (χ3n) is 3.66. The van der Waals surface area contributed by atoms with Gasteiger partial charge in [-0.2, -0.15) is 0 Å². The largest absolute Gasteiger partial charge is 0.493 e. The maximum Gasteiger partial charge on any atom is 0.266 e. The Morgan fingerprint density at radius 2 is 2.08 bits per heavy atom. The van der Waals surface area contributed by atoms with Crippen LogP contribution < -0.4 is 9.47 Å². The normalized spacial score (nSPS) is 16.2. The van der Waals surface area contributed by atoms with Gasteiger partial charge in [-0.15, -0.1) is 0 Å². The van der Waals surface area contributed by atoms with E-state index in [1.165, 1.54) is 11.8 Å². The molecule has 0 N–H and O–H groups in total. The maximum atomic E-state index is 12.5. The van der Waals surface area contributed by atoms with Crippen LogP contribution in [-0.2, 0) is 4.79 Å². The SMILES string of the molecule is CCCCOc1ccc(/C=C2/SC(=S)N(CC(C)C)C2=O)cc1OC. The molecule has 0 saturated carbocycles. The zero-order valence-electron chi connectivity index (χ0n) is 15.2. The highest BCUT2D eigenvalue weighted by Crippen LogP contribution is 2.35. The van der Waals surface area contributed by atoms with Crippen LogP contribution in [0, 0.1) is 5.92 Å². The Balaban J connectivity index is 2.17. The molecule has 136 valence electrons. The molecule has 1 aliphatic heterocycles. The average molecular weight is 380 g/mol. The fraction of sp³-hybridized carbons (Fsp3) is 0.474. The molecule has 0 spiro atoms. The summed E-state index contributed by atoms with van der Waals surface area (Å²) in [7, 11) is 1.62. The molecule has 1 aromatic rings. The number of hydrogen-bond donors (Lipinski definition) is 0. The quantitative estimate of drug-likeness (QED) is 0.371. The van der Waals surface area contributed by atoms with Gasteiger partial charge in [0.25, 0.3) is 5.91 Å². The molecule has 0 bridgehead atoms. The van der Waals surface area contributed by atoms with Crippen LogP contribution in [0.1, 0.15) is 39.2 Å². The molecule has 1 aliphatic rings. The minimum Gasteiger partial charge on any atom is -0.493 e. The van der Waals surface area contributed by atoms with Crippen molar-refractivity contribution in [3.63, 3.8) is 0 Å². The van der Waals surface area contributed by atoms with Gasteiger partial charge in [-0.05, 0) is 36.1 Å². The van der Waals surface area contributed by atoms with E-state index in [1.807, 2.05) is 24.3 Å². The Labute approximate surface area is 159 Å². The number of hydrogen-bond acceptors (Lipinski definition) is 5. The minimum atomic E-state index is -0.0223. The molecule has 25 heavy (non-hydrogen) atoms. The molecule has 1 fully saturated rings. The second kappa shape index (κ2) is 9.25. The summed E-state index contributed by atoms with van der Waals surface area (Å²) in [6.07, 6.45) is 3.94. The summed E-state index contributed by atoms with van der Waals surface area (Å²) in [6.45, 7) is 7.59. The van der Waals surface area contributed by atoms with E-state index in [1.54, 1.807) is 12.0 Å². The highest BCUT2D eigenvalue weighted by molar-refractivity contribution is 8.26. The molecule has 2 rings (SSSR count). The zero-order valence-corrected chi connectivity index (χ0v) is 16.8. The first-order valence-electron chi connectivity index (χ1n) is 8.52. The number of thioether (sulfide) groups is 1. The first kappa shape index (κ1) is 19.8. The molecular weight excluding hydrogens is 354 g/mol. The summed E-state index contributed by atoms with van der Waals surface area (Å²) in [4.78, 5) is 14.9. The van der Waals surface area contributed by atoms with Crippen molar-refractivity contribution >= 4 is 40.3 Å². The summed E-state index contributed by atoms with van der Waals surface area (Å²) in [5.74, 6) is 1.75. The van der Waals surface area contributed by atoms with Gasteiger partial charge in [-0.3, -0.25) is 9.69 Å². The van der Waals surface area contributed by atoms with Crippen LogP contribution in [0.5, 0.6) is 11.5 Å². The number of nitrogens with zero attached hydrogens (tertiary/aromatic N) is 1. The summed E-state index contributed by atoms with van der Waals surface area (Å²) in [6, 6.07) is 5.70. The molecule has 6 heteroatoms. The Hall–Kier alpha value is -1.53. The summed E-state index contributed by atoms with van der Waals surface area (Å²) in [5.41, 5.74) is 0.893. The van der Waals surface area contributed by atoms with E-state index >= 15 is 0 Å². The number of thiocarbonyl (C=S) groups is 1. The molecule has 0 aliphatic carbocycles. The Morgan fingerprint density at radius 1 is 1.32 bits per heavy atom. The Morgan fingerprint density at radius 3 is 2.72 bits per heavy atom. The lowest BCUT2D eigenvalue weighted by molar-refractivity contribution is -0.122. The predicted molar refractivity (Wildman–Crippen MR) is 108 cm³/mol. The number of benzene rings is 1. The number of carbonyl (C=O) groups excluding carboxylic acids is 1. The van der Waals surface area contributed by atoms with Crippen molar-refractivity contribution in [1.82, 2.24) is 4.90 Å². The third kappa shape index (κ3) is 5.22. The van der Waals surface area contributed by atoms with E-state index < -0.39 is 0 Å². The standard InChI is InChI=1S/C19H25NO3S2/c1-5-6-9-23-15-8-7-14(10-16(15)22-4)11-17-18(21)20(12-13(2)3)19(24)25-17/h7-8,10-11,13H,5-6,9,12H2,1-4H3/b17-11+. The monoisotopic (exact) mass is 379 g/mol. The van der Waals surface area contributed by atoms with Crippen LogP contribution in [-0.4, -0.2) is 35.4 Å². The van der Waals surface area contributed by atoms with Crippen molar-refractivity contribution in [1.29, 1.82) is 0 Å². The minimum absolute atomic E-state index is 0.0223. The van der Waals surface area contributed by atoms with Crippen molar-refractivity contribution < 1.29 is 14.3 Å². The number of ether oxygens (including phenoxy) is 2. The Bertz CT molecular complexity index is 671. The van der Waals surface area contributed by atoms with Crippen LogP contribution in [0.4, 0.5) is 0 Å². The van der Waals surface area contributed by atoms with Gasteiger partial charge in [0, 0.05) is 6.54 Å². The van der Waals surface area contributed by atoms with Crippen LogP contribution in [0.25, 0.3) is 6.08 Å². The highest BCUT2D eigenvalue weighted by atomic mass is 32.2. The molecule has 1 heterocycles. The van der Waals surface area contributed by atoms with Crippen molar-refractivity contribution in [3.05, 3.63) is 28.7 Å². The molecule has 0 radical (unpaired) electrons. The number of methoxy groups -OCH3 is 1. The van der Waals surface area contributed by atoms with E-state index in [-0.39, 0.29) is 5.91 Å². The van der Waals surface area contributed by atoms with Crippen LogP contribution in [0.15, 0.2) is 23.1 Å². The van der Waals surface area contributed by atoms with Gasteiger partial charge in [0.05, 0.1) is 18.6 Å². The van der Waals surface area contributed by atoms with E-state index in [9.17, 15) is 4.79 Å². The lowest BCUT2D eigenvalue weighted by Crippen LogP contribution is -2.31. The van der Waals surface area contributed by atoms with E-state index in [0.717, 1.165) is 24.2 Å². The lowest BCUT2D eigenvalue weighted by Gasteiger charge is -2.16. The van der Waals surface area contributed by atoms with Crippen molar-refractivity contribution in [3.8, 4) is 11.5 Å². The topological polar surface area (TPSA) is 38.8 Å². The smallest absolute Gasteiger partial charge is 0.266 e. The van der Waals surface area contributed by atoms with Crippen LogP contribution >= 0.6 is 24.0 Å². The molecule has 0 aromatic heterocycles. The number of carbonyl (C=O) groups is 1. The first-order valence-corrected chi connectivity index (χ1v) is 9.75. The number of rotatable bonds is 8. The maximum absolute atomic E-state index is 12.5. The van der Waals surface area contributed by atoms with Gasteiger partial charge in [0.1, 0.15) is 4.32 Å². The van der Waals surface area contributed by atoms with Crippen molar-refractivity contribution in [2.75, 3.05) is 20.3 Å². The lowest BCUT2D eigenvalue weighted by atomic mass is 10.1. The number of amides is 1. The summed E-state index contributed by atoms with van der Waals surface area (Å²) < 4.78 is 11.8. The molecule has 1 amide bonds. The van der Waals surface area contributed by atoms with Gasteiger partial charge < -0.3 is 9.47 Å². The third-order valence-corrected chi connectivity index (χ3v) is 5.04. The molecule has 0 unspecified atom stereocenters. The van der Waals surface area contributed by atoms with E-state index in [4.69, 9.17) is 21.7 Å². The summed E-state index contributed by atoms with van der Waals surface area (Å²) >= 11 is 6.69. The molecule has 4 nitrogen and oxygen atoms in total. The second-order valence-electron chi connectivity index (χ2n) is 6.30. The molecular formula is C19H25NO3S2. The van der Waals surface area contributed by atoms with Crippen molar-refractivity contribution in [2.24, 2.45) is 5.92 Å². The predicted octanol–water partition coefficient (Wildman–Crippen LogP) is 4.73. The molecule has 1 saturated heterocycles. The fourth-order valence-electron chi connectivity index (χ4n) is 2.39. The Kier molecular flexibility index (Phi) is 7.32. The first-order chi connectivity index (χ1) is 12.0. The fourth-order valence-corrected chi connectivity index (χ4v) is 3.67. The average Bonchev–Trinajstić information content (AvgIpc) is 2.83.